The van der Waals surface area contributed by atoms with Gasteiger partial charge in [0.15, 0.2) is 0 Å². The van der Waals surface area contributed by atoms with Gasteiger partial charge in [0.2, 0.25) is 0 Å². The van der Waals surface area contributed by atoms with Gasteiger partial charge in [0.25, 0.3) is 0 Å². The molecule has 1 fully saturated rings. The van der Waals surface area contributed by atoms with E-state index in [2.05, 4.69) is 55.3 Å². The summed E-state index contributed by atoms with van der Waals surface area (Å²) < 4.78 is 10.2. The van der Waals surface area contributed by atoms with E-state index in [9.17, 15) is 0 Å². The van der Waals surface area contributed by atoms with Crippen LogP contribution in [0.1, 0.15) is 40.2 Å². The number of methoxy groups -OCH3 is 2. The van der Waals surface area contributed by atoms with Crippen molar-refractivity contribution in [2.45, 2.75) is 34.6 Å². The first kappa shape index (κ1) is 29.6. The van der Waals surface area contributed by atoms with Crippen LogP contribution >= 0.6 is 9.58 Å². The summed E-state index contributed by atoms with van der Waals surface area (Å²) in [5, 5.41) is 0. The summed E-state index contributed by atoms with van der Waals surface area (Å²) in [4.78, 5) is 4.35. The molecule has 31 heavy (non-hydrogen) atoms. The van der Waals surface area contributed by atoms with Gasteiger partial charge in [0.05, 0.1) is 19.9 Å². The van der Waals surface area contributed by atoms with E-state index in [1.165, 1.54) is 17.9 Å². The molecule has 1 aliphatic rings. The molecule has 1 saturated carbocycles. The number of halogens is 1. The Kier molecular flexibility index (Phi) is 14.8. The molecule has 2 aromatic carbocycles. The quantitative estimate of drug-likeness (QED) is 0.260. The first-order valence-corrected chi connectivity index (χ1v) is 13.2. The van der Waals surface area contributed by atoms with E-state index < -0.39 is 0 Å². The molecule has 0 amide bonds. The van der Waals surface area contributed by atoms with Crippen LogP contribution < -0.4 is 9.47 Å². The van der Waals surface area contributed by atoms with Crippen LogP contribution in [-0.4, -0.2) is 20.4 Å². The number of hydrogen-bond acceptors (Lipinski definition) is 3. The molecular formula is C26H37ClIrNO2. The van der Waals surface area contributed by atoms with Crippen molar-refractivity contribution in [2.75, 3.05) is 14.2 Å². The van der Waals surface area contributed by atoms with E-state index >= 15 is 0 Å². The Balaban J connectivity index is 0.000000592. The van der Waals surface area contributed by atoms with Gasteiger partial charge in [-0.1, -0.05) is 34.6 Å². The maximum atomic E-state index is 5.09. The van der Waals surface area contributed by atoms with Gasteiger partial charge in [-0.3, -0.25) is 0 Å². The summed E-state index contributed by atoms with van der Waals surface area (Å²) in [5.74, 6) is 6.29. The van der Waals surface area contributed by atoms with E-state index in [0.717, 1.165) is 52.3 Å². The summed E-state index contributed by atoms with van der Waals surface area (Å²) >= 11 is 1.47. The Labute approximate surface area is 204 Å². The normalized spacial score (nSPS) is 24.2. The molecule has 0 aliphatic heterocycles. The molecule has 0 atom stereocenters. The van der Waals surface area contributed by atoms with E-state index in [4.69, 9.17) is 9.47 Å². The van der Waals surface area contributed by atoms with Crippen LogP contribution in [0.15, 0.2) is 47.5 Å². The van der Waals surface area contributed by atoms with E-state index in [1.807, 2.05) is 36.4 Å². The second-order valence-corrected chi connectivity index (χ2v) is 7.94. The van der Waals surface area contributed by atoms with Gasteiger partial charge in [0, 0.05) is 5.75 Å². The molecular weight excluding hydrogens is 586 g/mol. The van der Waals surface area contributed by atoms with Crippen molar-refractivity contribution < 1.29 is 27.4 Å². The van der Waals surface area contributed by atoms with Crippen LogP contribution in [-0.2, 0) is 17.9 Å². The van der Waals surface area contributed by atoms with Crippen molar-refractivity contribution in [2.24, 2.45) is 34.6 Å². The summed E-state index contributed by atoms with van der Waals surface area (Å²) in [6.45, 7) is 12.0. The van der Waals surface area contributed by atoms with Crippen LogP contribution in [0.4, 0.5) is 5.69 Å². The second kappa shape index (κ2) is 15.5. The zero-order valence-electron chi connectivity index (χ0n) is 20.0. The minimum atomic E-state index is 0. The number of nitrogens with zero attached hydrogens (tertiary/aromatic N) is 1. The summed E-state index contributed by atoms with van der Waals surface area (Å²) in [7, 11) is 7.92. The Morgan fingerprint density at radius 1 is 0.774 bits per heavy atom. The van der Waals surface area contributed by atoms with Crippen molar-refractivity contribution in [1.82, 2.24) is 0 Å². The maximum absolute atomic E-state index is 5.09. The number of hydrogen-bond donors (Lipinski definition) is 0. The van der Waals surface area contributed by atoms with Gasteiger partial charge in [-0.25, -0.2) is 0 Å². The number of aliphatic imine (C=N–C) groups is 1. The predicted octanol–water partition coefficient (Wildman–Crippen LogP) is 7.57. The Morgan fingerprint density at radius 2 is 1.19 bits per heavy atom. The van der Waals surface area contributed by atoms with Crippen molar-refractivity contribution in [1.29, 1.82) is 0 Å². The molecule has 0 radical (unpaired) electrons. The van der Waals surface area contributed by atoms with Crippen LogP contribution in [0.25, 0.3) is 0 Å². The first-order chi connectivity index (χ1) is 14.4. The molecule has 0 saturated heterocycles. The molecule has 0 spiro atoms. The molecule has 2 aromatic rings. The fourth-order valence-corrected chi connectivity index (χ4v) is 3.84. The third kappa shape index (κ3) is 8.96. The number of rotatable bonds is 4. The van der Waals surface area contributed by atoms with E-state index in [0.29, 0.717) is 0 Å². The van der Waals surface area contributed by atoms with Crippen LogP contribution in [0, 0.1) is 43.1 Å². The molecule has 0 aromatic heterocycles. The summed E-state index contributed by atoms with van der Waals surface area (Å²) in [5.41, 5.74) is 1.78. The monoisotopic (exact) mass is 623 g/mol. The molecule has 3 nitrogen and oxygen atoms in total. The van der Waals surface area contributed by atoms with Crippen molar-refractivity contribution in [3.05, 3.63) is 61.5 Å². The van der Waals surface area contributed by atoms with E-state index in [-0.39, 0.29) is 7.43 Å². The fourth-order valence-electron chi connectivity index (χ4n) is 3.84. The zero-order valence-corrected chi connectivity index (χ0v) is 23.1. The third-order valence-electron chi connectivity index (χ3n) is 6.62. The Morgan fingerprint density at radius 3 is 1.55 bits per heavy atom. The predicted molar refractivity (Wildman–Crippen MR) is 130 cm³/mol. The topological polar surface area (TPSA) is 30.8 Å². The van der Waals surface area contributed by atoms with Gasteiger partial charge in [0.1, 0.15) is 5.75 Å². The molecule has 0 bridgehead atoms. The van der Waals surface area contributed by atoms with Gasteiger partial charge in [-0.05, 0) is 60.1 Å². The molecule has 0 unspecified atom stereocenters. The van der Waals surface area contributed by atoms with Crippen LogP contribution in [0.3, 0.4) is 0 Å². The van der Waals surface area contributed by atoms with Crippen LogP contribution in [0.2, 0.25) is 0 Å². The SMILES string of the molecule is CC1C(C)C(C)C(C)C1C.COc1c[c-]c(C=Nc2ccc(OC)cc2)cc1.[CH3-].[Cl][Ir+2]. The molecule has 0 heterocycles. The minimum absolute atomic E-state index is 0. The average Bonchev–Trinajstić information content (AvgIpc) is 2.97. The van der Waals surface area contributed by atoms with Crippen molar-refractivity contribution >= 4 is 21.5 Å². The number of ether oxygens (including phenoxy) is 2. The number of benzene rings is 2. The molecule has 3 rings (SSSR count). The van der Waals surface area contributed by atoms with Gasteiger partial charge in [-0.15, -0.1) is 29.8 Å². The molecule has 5 heteroatoms. The standard InChI is InChI=1S/C15H14NO2.C10H20.CH3.ClH.Ir/c1-17-14-7-3-12(4-8-14)11-16-13-5-9-15(18-2)10-6-13;1-6-7(2)9(4)10(5)8(6)3;;;/h3,5-11H,1-2H3;6-10H,1-5H3;1H3;1H;/q-1;;-1;;+3/p-1. The average molecular weight is 623 g/mol. The molecule has 0 N–H and O–H groups in total. The second-order valence-electron chi connectivity index (χ2n) is 7.94. The zero-order chi connectivity index (χ0) is 22.7. The fraction of sp³-hybridized carbons (Fsp3) is 0.462. The van der Waals surface area contributed by atoms with Crippen LogP contribution in [0.5, 0.6) is 11.5 Å². The van der Waals surface area contributed by atoms with Crippen molar-refractivity contribution in [3.63, 3.8) is 0 Å². The Bertz CT molecular complexity index is 655. The Hall–Kier alpha value is -1.35. The summed E-state index contributed by atoms with van der Waals surface area (Å²) in [6.07, 6.45) is 1.77. The summed E-state index contributed by atoms with van der Waals surface area (Å²) in [6, 6.07) is 16.2. The van der Waals surface area contributed by atoms with Gasteiger partial charge < -0.3 is 21.9 Å². The molecule has 1 aliphatic carbocycles. The van der Waals surface area contributed by atoms with E-state index in [1.54, 1.807) is 26.5 Å². The molecule has 174 valence electrons. The third-order valence-corrected chi connectivity index (χ3v) is 6.62. The first-order valence-electron chi connectivity index (χ1n) is 10.2. The van der Waals surface area contributed by atoms with Gasteiger partial charge in [-0.2, -0.15) is 0 Å². The van der Waals surface area contributed by atoms with Crippen molar-refractivity contribution in [3.8, 4) is 11.5 Å². The van der Waals surface area contributed by atoms with Gasteiger partial charge >= 0.3 is 27.5 Å².